The summed E-state index contributed by atoms with van der Waals surface area (Å²) in [6.45, 7) is 1.26. The maximum absolute atomic E-state index is 12.7. The molecule has 1 fully saturated rings. The zero-order valence-corrected chi connectivity index (χ0v) is 13.8. The molecule has 0 aliphatic carbocycles. The number of methoxy groups -OCH3 is 1. The fraction of sp³-hybridized carbons (Fsp3) is 0.471. The highest BCUT2D eigenvalue weighted by atomic mass is 16.5. The van der Waals surface area contributed by atoms with E-state index in [0.29, 0.717) is 31.7 Å². The first-order valence-corrected chi connectivity index (χ1v) is 8.17. The zero-order valence-electron chi connectivity index (χ0n) is 13.8. The number of nitrogen functional groups attached to an aromatic ring is 1. The van der Waals surface area contributed by atoms with E-state index in [2.05, 4.69) is 10.1 Å². The fourth-order valence-electron chi connectivity index (χ4n) is 3.14. The topological polar surface area (TPSA) is 86.3 Å². The number of hydrogen-bond donors (Lipinski definition) is 1. The number of nitrogens with zero attached hydrogens (tertiary/aromatic N) is 4. The molecule has 1 aliphatic rings. The normalized spacial score (nSPS) is 20.5. The first-order chi connectivity index (χ1) is 11.7. The molecule has 2 aromatic heterocycles. The van der Waals surface area contributed by atoms with E-state index in [-0.39, 0.29) is 18.1 Å². The van der Waals surface area contributed by atoms with E-state index >= 15 is 0 Å². The summed E-state index contributed by atoms with van der Waals surface area (Å²) < 4.78 is 7.26. The van der Waals surface area contributed by atoms with Gasteiger partial charge >= 0.3 is 0 Å². The molecule has 0 aromatic carbocycles. The molecular weight excluding hydrogens is 306 g/mol. The smallest absolute Gasteiger partial charge is 0.223 e. The second kappa shape index (κ2) is 7.44. The minimum absolute atomic E-state index is 0.0710. The predicted molar refractivity (Wildman–Crippen MR) is 90.1 cm³/mol. The van der Waals surface area contributed by atoms with E-state index < -0.39 is 0 Å². The highest BCUT2D eigenvalue weighted by molar-refractivity contribution is 5.77. The summed E-state index contributed by atoms with van der Waals surface area (Å²) in [5.41, 5.74) is 6.60. The first kappa shape index (κ1) is 16.4. The van der Waals surface area contributed by atoms with Crippen molar-refractivity contribution in [2.45, 2.75) is 38.0 Å². The number of amides is 1. The summed E-state index contributed by atoms with van der Waals surface area (Å²) >= 11 is 0. The maximum Gasteiger partial charge on any atom is 0.223 e. The molecule has 0 spiro atoms. The molecule has 0 saturated carbocycles. The van der Waals surface area contributed by atoms with Gasteiger partial charge in [-0.1, -0.05) is 6.07 Å². The van der Waals surface area contributed by atoms with Crippen LogP contribution in [0, 0.1) is 0 Å². The largest absolute Gasteiger partial charge is 0.382 e. The summed E-state index contributed by atoms with van der Waals surface area (Å²) in [5.74, 6) is 0.620. The first-order valence-electron chi connectivity index (χ1n) is 8.17. The Balaban J connectivity index is 1.63. The average Bonchev–Trinajstić information content (AvgIpc) is 3.20. The molecule has 0 unspecified atom stereocenters. The number of carbonyl (C=O) groups excluding carboxylic acids is 1. The Hall–Kier alpha value is -2.41. The number of ether oxygens (including phenoxy) is 1. The van der Waals surface area contributed by atoms with Crippen LogP contribution in [0.3, 0.4) is 0 Å². The molecule has 2 aromatic rings. The summed E-state index contributed by atoms with van der Waals surface area (Å²) in [5, 5.41) is 4.22. The van der Waals surface area contributed by atoms with Crippen LogP contribution in [0.5, 0.6) is 0 Å². The molecule has 7 nitrogen and oxygen atoms in total. The number of pyridine rings is 1. The third-order valence-electron chi connectivity index (χ3n) is 4.41. The Bertz CT molecular complexity index is 673. The molecule has 1 amide bonds. The van der Waals surface area contributed by atoms with Gasteiger partial charge in [0.15, 0.2) is 0 Å². The highest BCUT2D eigenvalue weighted by Gasteiger charge is 2.35. The fourth-order valence-corrected chi connectivity index (χ4v) is 3.14. The Morgan fingerprint density at radius 3 is 2.96 bits per heavy atom. The van der Waals surface area contributed by atoms with Crippen LogP contribution >= 0.6 is 0 Å². The van der Waals surface area contributed by atoms with Gasteiger partial charge in [-0.05, 0) is 31.0 Å². The van der Waals surface area contributed by atoms with Gasteiger partial charge in [0.1, 0.15) is 5.82 Å². The summed E-state index contributed by atoms with van der Waals surface area (Å²) in [6, 6.07) is 7.59. The van der Waals surface area contributed by atoms with E-state index in [1.54, 1.807) is 24.1 Å². The molecule has 2 atom stereocenters. The maximum atomic E-state index is 12.7. The number of likely N-dealkylation sites (tertiary alicyclic amines) is 1. The molecule has 128 valence electrons. The monoisotopic (exact) mass is 329 g/mol. The Kier molecular flexibility index (Phi) is 5.10. The van der Waals surface area contributed by atoms with Gasteiger partial charge in [-0.25, -0.2) is 0 Å². The number of rotatable bonds is 6. The summed E-state index contributed by atoms with van der Waals surface area (Å²) in [6.07, 6.45) is 5.57. The van der Waals surface area contributed by atoms with Gasteiger partial charge in [0.05, 0.1) is 18.7 Å². The van der Waals surface area contributed by atoms with Crippen LogP contribution in [0.25, 0.3) is 0 Å². The average molecular weight is 329 g/mol. The van der Waals surface area contributed by atoms with Crippen molar-refractivity contribution >= 4 is 11.7 Å². The molecule has 0 radical (unpaired) electrons. The number of carbonyl (C=O) groups is 1. The number of hydrogen-bond acceptors (Lipinski definition) is 5. The second-order valence-electron chi connectivity index (χ2n) is 6.08. The number of nitrogens with two attached hydrogens (primary N) is 1. The molecule has 1 aliphatic heterocycles. The van der Waals surface area contributed by atoms with Crippen molar-refractivity contribution in [1.29, 1.82) is 0 Å². The van der Waals surface area contributed by atoms with Crippen LogP contribution in [-0.2, 0) is 22.5 Å². The van der Waals surface area contributed by atoms with Crippen molar-refractivity contribution in [1.82, 2.24) is 19.7 Å². The van der Waals surface area contributed by atoms with Crippen LogP contribution in [0.15, 0.2) is 36.7 Å². The van der Waals surface area contributed by atoms with Crippen LogP contribution in [0.4, 0.5) is 5.82 Å². The number of anilines is 1. The van der Waals surface area contributed by atoms with Crippen LogP contribution in [-0.4, -0.2) is 51.4 Å². The lowest BCUT2D eigenvalue weighted by atomic mass is 10.1. The van der Waals surface area contributed by atoms with E-state index in [0.717, 1.165) is 12.1 Å². The molecule has 3 heterocycles. The molecular formula is C17H23N5O2. The molecule has 0 bridgehead atoms. The van der Waals surface area contributed by atoms with Crippen molar-refractivity contribution < 1.29 is 9.53 Å². The van der Waals surface area contributed by atoms with Gasteiger partial charge in [-0.15, -0.1) is 0 Å². The minimum atomic E-state index is 0.0710. The lowest BCUT2D eigenvalue weighted by Gasteiger charge is -2.24. The quantitative estimate of drug-likeness (QED) is 0.858. The molecule has 1 saturated heterocycles. The lowest BCUT2D eigenvalue weighted by molar-refractivity contribution is -0.132. The third kappa shape index (κ3) is 3.91. The van der Waals surface area contributed by atoms with Gasteiger partial charge in [0, 0.05) is 38.2 Å². The molecule has 3 rings (SSSR count). The highest BCUT2D eigenvalue weighted by Crippen LogP contribution is 2.23. The van der Waals surface area contributed by atoms with E-state index in [1.165, 1.54) is 0 Å². The predicted octanol–water partition coefficient (Wildman–Crippen LogP) is 1.11. The van der Waals surface area contributed by atoms with Crippen LogP contribution in [0.2, 0.25) is 0 Å². The van der Waals surface area contributed by atoms with Gasteiger partial charge in [-0.3, -0.25) is 14.5 Å². The van der Waals surface area contributed by atoms with Crippen molar-refractivity contribution in [2.24, 2.45) is 0 Å². The van der Waals surface area contributed by atoms with Crippen molar-refractivity contribution in [3.63, 3.8) is 0 Å². The number of aromatic nitrogens is 3. The van der Waals surface area contributed by atoms with Gasteiger partial charge in [0.25, 0.3) is 0 Å². The SMILES string of the molecule is CO[C@@H]1C[C@@H](Cn2ccc(N)n2)N(C(=O)CCc2ccccn2)C1. The lowest BCUT2D eigenvalue weighted by Crippen LogP contribution is -2.38. The van der Waals surface area contributed by atoms with Crippen molar-refractivity contribution in [3.05, 3.63) is 42.4 Å². The van der Waals surface area contributed by atoms with E-state index in [4.69, 9.17) is 10.5 Å². The second-order valence-corrected chi connectivity index (χ2v) is 6.08. The van der Waals surface area contributed by atoms with Crippen molar-refractivity contribution in [3.8, 4) is 0 Å². The summed E-state index contributed by atoms with van der Waals surface area (Å²) in [7, 11) is 1.69. The minimum Gasteiger partial charge on any atom is -0.382 e. The summed E-state index contributed by atoms with van der Waals surface area (Å²) in [4.78, 5) is 18.9. The zero-order chi connectivity index (χ0) is 16.9. The van der Waals surface area contributed by atoms with Crippen LogP contribution in [0.1, 0.15) is 18.5 Å². The standard InChI is InChI=1S/C17H23N5O2/c1-24-15-10-14(11-21-9-7-16(18)20-21)22(12-15)17(23)6-5-13-4-2-3-8-19-13/h2-4,7-9,14-15H,5-6,10-12H2,1H3,(H2,18,20)/t14-,15+/m0/s1. The van der Waals surface area contributed by atoms with Gasteiger partial charge in [-0.2, -0.15) is 5.10 Å². The van der Waals surface area contributed by atoms with E-state index in [9.17, 15) is 4.79 Å². The molecule has 24 heavy (non-hydrogen) atoms. The molecule has 7 heteroatoms. The van der Waals surface area contributed by atoms with E-state index in [1.807, 2.05) is 29.3 Å². The Morgan fingerprint density at radius 1 is 1.42 bits per heavy atom. The Labute approximate surface area is 141 Å². The van der Waals surface area contributed by atoms with Crippen molar-refractivity contribution in [2.75, 3.05) is 19.4 Å². The Morgan fingerprint density at radius 2 is 2.29 bits per heavy atom. The van der Waals surface area contributed by atoms with Gasteiger partial charge in [0.2, 0.25) is 5.91 Å². The molecule has 2 N–H and O–H groups in total. The van der Waals surface area contributed by atoms with Crippen LogP contribution < -0.4 is 5.73 Å². The van der Waals surface area contributed by atoms with Gasteiger partial charge < -0.3 is 15.4 Å². The number of aryl methyl sites for hydroxylation is 1. The third-order valence-corrected chi connectivity index (χ3v) is 4.41.